The van der Waals surface area contributed by atoms with Gasteiger partial charge in [0.1, 0.15) is 5.82 Å². The lowest BCUT2D eigenvalue weighted by Crippen LogP contribution is -2.46. The smallest absolute Gasteiger partial charge is 0.148 e. The van der Waals surface area contributed by atoms with Crippen molar-refractivity contribution in [2.45, 2.75) is 18.9 Å². The molecule has 0 spiro atoms. The molecule has 2 fully saturated rings. The van der Waals surface area contributed by atoms with E-state index in [1.54, 1.807) is 6.20 Å². The highest BCUT2D eigenvalue weighted by atomic mass is 16.5. The van der Waals surface area contributed by atoms with E-state index in [0.717, 1.165) is 57.7 Å². The topological polar surface area (TPSA) is 59.5 Å². The molecule has 6 heteroatoms. The summed E-state index contributed by atoms with van der Waals surface area (Å²) >= 11 is 0. The van der Waals surface area contributed by atoms with Crippen molar-refractivity contribution in [2.24, 2.45) is 5.92 Å². The predicted molar refractivity (Wildman–Crippen MR) is 80.2 cm³/mol. The van der Waals surface area contributed by atoms with Crippen molar-refractivity contribution in [3.63, 3.8) is 0 Å². The molecule has 1 aromatic rings. The van der Waals surface area contributed by atoms with Gasteiger partial charge in [-0.3, -0.25) is 4.90 Å². The van der Waals surface area contributed by atoms with Gasteiger partial charge in [-0.15, -0.1) is 5.10 Å². The molecule has 1 aromatic heterocycles. The lowest BCUT2D eigenvalue weighted by Gasteiger charge is -2.32. The Morgan fingerprint density at radius 3 is 3.19 bits per heavy atom. The van der Waals surface area contributed by atoms with Crippen molar-refractivity contribution in [3.8, 4) is 0 Å². The minimum absolute atomic E-state index is 0.198. The second-order valence-corrected chi connectivity index (χ2v) is 5.80. The van der Waals surface area contributed by atoms with E-state index in [4.69, 9.17) is 9.47 Å². The van der Waals surface area contributed by atoms with Gasteiger partial charge in [-0.2, -0.15) is 5.10 Å². The first-order valence-corrected chi connectivity index (χ1v) is 7.83. The first kappa shape index (κ1) is 14.7. The number of rotatable bonds is 8. The Labute approximate surface area is 125 Å². The maximum absolute atomic E-state index is 5.79. The van der Waals surface area contributed by atoms with E-state index in [9.17, 15) is 0 Å². The van der Waals surface area contributed by atoms with Crippen LogP contribution in [0.4, 0.5) is 5.82 Å². The molecule has 1 N–H and O–H groups in total. The van der Waals surface area contributed by atoms with Crippen LogP contribution in [0.5, 0.6) is 0 Å². The van der Waals surface area contributed by atoms with Gasteiger partial charge in [-0.1, -0.05) is 0 Å². The Morgan fingerprint density at radius 2 is 2.38 bits per heavy atom. The number of nitrogens with zero attached hydrogens (tertiary/aromatic N) is 3. The van der Waals surface area contributed by atoms with E-state index in [0.29, 0.717) is 0 Å². The minimum Gasteiger partial charge on any atom is -0.380 e. The summed E-state index contributed by atoms with van der Waals surface area (Å²) in [5, 5.41) is 11.1. The molecule has 1 saturated carbocycles. The van der Waals surface area contributed by atoms with Crippen molar-refractivity contribution >= 4 is 5.82 Å². The zero-order chi connectivity index (χ0) is 14.3. The number of anilines is 1. The third-order valence-corrected chi connectivity index (χ3v) is 3.91. The van der Waals surface area contributed by atoms with Crippen LogP contribution in [-0.2, 0) is 9.47 Å². The van der Waals surface area contributed by atoms with Crippen LogP contribution in [0.2, 0.25) is 0 Å². The maximum Gasteiger partial charge on any atom is 0.148 e. The number of aromatic nitrogens is 2. The van der Waals surface area contributed by atoms with Crippen LogP contribution in [-0.4, -0.2) is 67.2 Å². The first-order valence-electron chi connectivity index (χ1n) is 7.83. The van der Waals surface area contributed by atoms with Gasteiger partial charge in [0.25, 0.3) is 0 Å². The van der Waals surface area contributed by atoms with Gasteiger partial charge in [-0.25, -0.2) is 0 Å². The van der Waals surface area contributed by atoms with Gasteiger partial charge >= 0.3 is 0 Å². The van der Waals surface area contributed by atoms with Gasteiger partial charge in [-0.05, 0) is 30.9 Å². The fraction of sp³-hybridized carbons (Fsp3) is 0.733. The predicted octanol–water partition coefficient (Wildman–Crippen LogP) is 1.02. The Morgan fingerprint density at radius 1 is 1.43 bits per heavy atom. The van der Waals surface area contributed by atoms with Crippen molar-refractivity contribution in [3.05, 3.63) is 18.3 Å². The fourth-order valence-corrected chi connectivity index (χ4v) is 2.45. The standard InChI is InChI=1S/C15H24N4O2/c1-2-15(18-17-5-1)16-10-14-11-19(7-9-21-14)6-8-20-12-13-3-4-13/h1-2,5,13-14H,3-4,6-12H2,(H,16,18)/t14-/m0/s1. The van der Waals surface area contributed by atoms with Crippen molar-refractivity contribution < 1.29 is 9.47 Å². The summed E-state index contributed by atoms with van der Waals surface area (Å²) in [6.07, 6.45) is 4.58. The van der Waals surface area contributed by atoms with Gasteiger partial charge in [0, 0.05) is 39.0 Å². The Balaban J connectivity index is 1.32. The number of morpholine rings is 1. The van der Waals surface area contributed by atoms with E-state index < -0.39 is 0 Å². The molecule has 0 aromatic carbocycles. The number of hydrogen-bond donors (Lipinski definition) is 1. The van der Waals surface area contributed by atoms with E-state index in [1.807, 2.05) is 12.1 Å². The summed E-state index contributed by atoms with van der Waals surface area (Å²) in [4.78, 5) is 2.42. The maximum atomic E-state index is 5.79. The number of ether oxygens (including phenoxy) is 2. The molecular weight excluding hydrogens is 268 g/mol. The molecule has 21 heavy (non-hydrogen) atoms. The average molecular weight is 292 g/mol. The quantitative estimate of drug-likeness (QED) is 0.722. The molecule has 2 aliphatic rings. The Kier molecular flexibility index (Phi) is 5.37. The molecule has 2 heterocycles. The molecule has 6 nitrogen and oxygen atoms in total. The second-order valence-electron chi connectivity index (χ2n) is 5.80. The Hall–Kier alpha value is -1.24. The number of hydrogen-bond acceptors (Lipinski definition) is 6. The third-order valence-electron chi connectivity index (χ3n) is 3.91. The lowest BCUT2D eigenvalue weighted by atomic mass is 10.2. The molecule has 0 radical (unpaired) electrons. The van der Waals surface area contributed by atoms with E-state index in [1.165, 1.54) is 12.8 Å². The lowest BCUT2D eigenvalue weighted by molar-refractivity contribution is -0.0300. The summed E-state index contributed by atoms with van der Waals surface area (Å²) in [6, 6.07) is 3.79. The summed E-state index contributed by atoms with van der Waals surface area (Å²) in [7, 11) is 0. The van der Waals surface area contributed by atoms with Gasteiger partial charge < -0.3 is 14.8 Å². The monoisotopic (exact) mass is 292 g/mol. The van der Waals surface area contributed by atoms with Crippen molar-refractivity contribution in [1.82, 2.24) is 15.1 Å². The molecular formula is C15H24N4O2. The largest absolute Gasteiger partial charge is 0.380 e. The molecule has 1 aliphatic carbocycles. The highest BCUT2D eigenvalue weighted by Gasteiger charge is 2.22. The molecule has 1 atom stereocenters. The third kappa shape index (κ3) is 5.22. The van der Waals surface area contributed by atoms with Gasteiger partial charge in [0.2, 0.25) is 0 Å². The molecule has 1 aliphatic heterocycles. The van der Waals surface area contributed by atoms with Crippen molar-refractivity contribution in [2.75, 3.05) is 51.3 Å². The van der Waals surface area contributed by atoms with Crippen LogP contribution >= 0.6 is 0 Å². The van der Waals surface area contributed by atoms with Gasteiger partial charge in [0.15, 0.2) is 0 Å². The van der Waals surface area contributed by atoms with Crippen molar-refractivity contribution in [1.29, 1.82) is 0 Å². The van der Waals surface area contributed by atoms with Crippen LogP contribution in [0.25, 0.3) is 0 Å². The minimum atomic E-state index is 0.198. The van der Waals surface area contributed by atoms with E-state index >= 15 is 0 Å². The average Bonchev–Trinajstić information content (AvgIpc) is 3.35. The molecule has 116 valence electrons. The highest BCUT2D eigenvalue weighted by molar-refractivity contribution is 5.31. The van der Waals surface area contributed by atoms with Crippen LogP contribution in [0.1, 0.15) is 12.8 Å². The Bertz CT molecular complexity index is 413. The van der Waals surface area contributed by atoms with Crippen LogP contribution < -0.4 is 5.32 Å². The molecule has 0 amide bonds. The molecule has 0 bridgehead atoms. The highest BCUT2D eigenvalue weighted by Crippen LogP contribution is 2.28. The van der Waals surface area contributed by atoms with E-state index in [-0.39, 0.29) is 6.10 Å². The second kappa shape index (κ2) is 7.68. The van der Waals surface area contributed by atoms with Crippen LogP contribution in [0.15, 0.2) is 18.3 Å². The molecule has 1 saturated heterocycles. The summed E-state index contributed by atoms with van der Waals surface area (Å²) in [6.45, 7) is 6.27. The van der Waals surface area contributed by atoms with E-state index in [2.05, 4.69) is 20.4 Å². The zero-order valence-corrected chi connectivity index (χ0v) is 12.4. The van der Waals surface area contributed by atoms with Gasteiger partial charge in [0.05, 0.1) is 19.3 Å². The van der Waals surface area contributed by atoms with Crippen LogP contribution in [0, 0.1) is 5.92 Å². The summed E-state index contributed by atoms with van der Waals surface area (Å²) in [5.74, 6) is 1.64. The zero-order valence-electron chi connectivity index (χ0n) is 12.4. The number of nitrogens with one attached hydrogen (secondary N) is 1. The molecule has 3 rings (SSSR count). The summed E-state index contributed by atoms with van der Waals surface area (Å²) < 4.78 is 11.5. The van der Waals surface area contributed by atoms with Crippen LogP contribution in [0.3, 0.4) is 0 Å². The summed E-state index contributed by atoms with van der Waals surface area (Å²) in [5.41, 5.74) is 0. The fourth-order valence-electron chi connectivity index (χ4n) is 2.45. The molecule has 0 unspecified atom stereocenters. The first-order chi connectivity index (χ1) is 10.4. The normalized spacial score (nSPS) is 23.1. The SMILES string of the molecule is c1cnnc(NC[C@H]2CN(CCOCC3CC3)CCO2)c1.